The molecule has 0 aromatic carbocycles. The normalized spacial score (nSPS) is 18.6. The lowest BCUT2D eigenvalue weighted by Gasteiger charge is -2.30. The standard InChI is InChI=1S/C13H22N2O2/c1-10(2)15-9-6-11(17-12(14)16)13(3)7-4-5-8-13/h4-5,7-8,10-11,15H,6,9H2,1-3H3,(H2,14,16). The lowest BCUT2D eigenvalue weighted by atomic mass is 9.84. The molecule has 0 heterocycles. The molecule has 96 valence electrons. The summed E-state index contributed by atoms with van der Waals surface area (Å²) >= 11 is 0. The molecule has 1 unspecified atom stereocenters. The third-order valence-electron chi connectivity index (χ3n) is 2.93. The van der Waals surface area contributed by atoms with E-state index >= 15 is 0 Å². The van der Waals surface area contributed by atoms with Gasteiger partial charge in [0.2, 0.25) is 0 Å². The van der Waals surface area contributed by atoms with Gasteiger partial charge >= 0.3 is 6.09 Å². The second-order valence-corrected chi connectivity index (χ2v) is 4.91. The van der Waals surface area contributed by atoms with Crippen LogP contribution in [0.5, 0.6) is 0 Å². The molecule has 0 saturated heterocycles. The number of nitrogens with two attached hydrogens (primary N) is 1. The van der Waals surface area contributed by atoms with Crippen molar-refractivity contribution >= 4 is 6.09 Å². The average Bonchev–Trinajstić information content (AvgIpc) is 2.64. The molecule has 0 spiro atoms. The Morgan fingerprint density at radius 3 is 2.47 bits per heavy atom. The number of rotatable bonds is 6. The molecule has 0 saturated carbocycles. The van der Waals surface area contributed by atoms with E-state index in [0.29, 0.717) is 6.04 Å². The number of amides is 1. The highest BCUT2D eigenvalue weighted by atomic mass is 16.6. The molecule has 4 heteroatoms. The Balaban J connectivity index is 2.58. The minimum atomic E-state index is -0.713. The Morgan fingerprint density at radius 2 is 2.00 bits per heavy atom. The van der Waals surface area contributed by atoms with E-state index in [1.807, 2.05) is 31.2 Å². The topological polar surface area (TPSA) is 64.3 Å². The van der Waals surface area contributed by atoms with Crippen molar-refractivity contribution in [3.63, 3.8) is 0 Å². The first-order chi connectivity index (χ1) is 7.94. The summed E-state index contributed by atoms with van der Waals surface area (Å²) in [6.45, 7) is 7.00. The van der Waals surface area contributed by atoms with Crippen LogP contribution >= 0.6 is 0 Å². The van der Waals surface area contributed by atoms with Crippen LogP contribution in [0.3, 0.4) is 0 Å². The van der Waals surface area contributed by atoms with Crippen molar-refractivity contribution < 1.29 is 9.53 Å². The highest BCUT2D eigenvalue weighted by Gasteiger charge is 2.33. The van der Waals surface area contributed by atoms with Gasteiger partial charge in [0, 0.05) is 11.5 Å². The molecule has 3 N–H and O–H groups in total. The zero-order valence-corrected chi connectivity index (χ0v) is 10.8. The largest absolute Gasteiger partial charge is 0.445 e. The van der Waals surface area contributed by atoms with Gasteiger partial charge < -0.3 is 15.8 Å². The fraction of sp³-hybridized carbons (Fsp3) is 0.615. The van der Waals surface area contributed by atoms with Crippen LogP contribution in [0.15, 0.2) is 24.3 Å². The van der Waals surface area contributed by atoms with E-state index in [9.17, 15) is 4.79 Å². The van der Waals surface area contributed by atoms with Crippen LogP contribution in [0.2, 0.25) is 0 Å². The SMILES string of the molecule is CC(C)NCCC(OC(N)=O)C1(C)C=CC=C1. The van der Waals surface area contributed by atoms with E-state index in [1.165, 1.54) is 0 Å². The number of allylic oxidation sites excluding steroid dienone is 2. The Bertz CT molecular complexity index is 309. The zero-order chi connectivity index (χ0) is 12.9. The smallest absolute Gasteiger partial charge is 0.404 e. The van der Waals surface area contributed by atoms with Gasteiger partial charge in [0.1, 0.15) is 6.10 Å². The van der Waals surface area contributed by atoms with Crippen molar-refractivity contribution in [2.24, 2.45) is 11.1 Å². The summed E-state index contributed by atoms with van der Waals surface area (Å²) in [5, 5.41) is 3.31. The van der Waals surface area contributed by atoms with Gasteiger partial charge in [-0.2, -0.15) is 0 Å². The van der Waals surface area contributed by atoms with Crippen molar-refractivity contribution in [1.82, 2.24) is 5.32 Å². The summed E-state index contributed by atoms with van der Waals surface area (Å²) in [7, 11) is 0. The van der Waals surface area contributed by atoms with Gasteiger partial charge in [0.25, 0.3) is 0 Å². The summed E-state index contributed by atoms with van der Waals surface area (Å²) in [4.78, 5) is 10.9. The molecule has 1 atom stereocenters. The summed E-state index contributed by atoms with van der Waals surface area (Å²) < 4.78 is 5.22. The van der Waals surface area contributed by atoms with Gasteiger partial charge in [0.15, 0.2) is 0 Å². The summed E-state index contributed by atoms with van der Waals surface area (Å²) in [6.07, 6.45) is 7.81. The van der Waals surface area contributed by atoms with Crippen molar-refractivity contribution in [2.45, 2.75) is 39.3 Å². The highest BCUT2D eigenvalue weighted by molar-refractivity contribution is 5.65. The zero-order valence-electron chi connectivity index (χ0n) is 10.8. The number of hydrogen-bond donors (Lipinski definition) is 2. The Kier molecular flexibility index (Phi) is 4.75. The molecular weight excluding hydrogens is 216 g/mol. The molecule has 1 amide bonds. The molecule has 0 bridgehead atoms. The Labute approximate surface area is 103 Å². The molecular formula is C13H22N2O2. The van der Waals surface area contributed by atoms with Gasteiger partial charge in [-0.15, -0.1) is 0 Å². The molecule has 1 aliphatic carbocycles. The molecule has 0 fully saturated rings. The van der Waals surface area contributed by atoms with E-state index < -0.39 is 6.09 Å². The number of carbonyl (C=O) groups excluding carboxylic acids is 1. The van der Waals surface area contributed by atoms with Gasteiger partial charge in [-0.05, 0) is 19.9 Å². The maximum absolute atomic E-state index is 10.9. The number of ether oxygens (including phenoxy) is 1. The second kappa shape index (κ2) is 5.87. The number of nitrogens with one attached hydrogen (secondary N) is 1. The first kappa shape index (κ1) is 13.8. The lowest BCUT2D eigenvalue weighted by molar-refractivity contribution is 0.0567. The van der Waals surface area contributed by atoms with E-state index in [2.05, 4.69) is 19.2 Å². The fourth-order valence-electron chi connectivity index (χ4n) is 1.94. The van der Waals surface area contributed by atoms with Crippen LogP contribution in [0.4, 0.5) is 4.79 Å². The Morgan fingerprint density at radius 1 is 1.41 bits per heavy atom. The quantitative estimate of drug-likeness (QED) is 0.743. The number of primary amides is 1. The van der Waals surface area contributed by atoms with Crippen LogP contribution in [0.1, 0.15) is 27.2 Å². The van der Waals surface area contributed by atoms with E-state index in [1.54, 1.807) is 0 Å². The molecule has 0 aliphatic heterocycles. The van der Waals surface area contributed by atoms with Crippen molar-refractivity contribution in [3.8, 4) is 0 Å². The van der Waals surface area contributed by atoms with E-state index in [0.717, 1.165) is 13.0 Å². The molecule has 1 rings (SSSR count). The van der Waals surface area contributed by atoms with Crippen LogP contribution in [0, 0.1) is 5.41 Å². The minimum absolute atomic E-state index is 0.221. The third-order valence-corrected chi connectivity index (χ3v) is 2.93. The van der Waals surface area contributed by atoms with Crippen LogP contribution in [0.25, 0.3) is 0 Å². The van der Waals surface area contributed by atoms with Gasteiger partial charge in [-0.1, -0.05) is 38.2 Å². The second-order valence-electron chi connectivity index (χ2n) is 4.91. The Hall–Kier alpha value is -1.29. The molecule has 4 nitrogen and oxygen atoms in total. The first-order valence-corrected chi connectivity index (χ1v) is 6.00. The van der Waals surface area contributed by atoms with Crippen molar-refractivity contribution in [2.75, 3.05) is 6.54 Å². The van der Waals surface area contributed by atoms with Crippen molar-refractivity contribution in [3.05, 3.63) is 24.3 Å². The van der Waals surface area contributed by atoms with E-state index in [-0.39, 0.29) is 11.5 Å². The van der Waals surface area contributed by atoms with Crippen LogP contribution < -0.4 is 11.1 Å². The summed E-state index contributed by atoms with van der Waals surface area (Å²) in [5.41, 5.74) is 4.88. The molecule has 0 radical (unpaired) electrons. The molecule has 0 aromatic rings. The molecule has 17 heavy (non-hydrogen) atoms. The average molecular weight is 238 g/mol. The minimum Gasteiger partial charge on any atom is -0.445 e. The molecule has 1 aliphatic rings. The van der Waals surface area contributed by atoms with Gasteiger partial charge in [0.05, 0.1) is 0 Å². The fourth-order valence-corrected chi connectivity index (χ4v) is 1.94. The van der Waals surface area contributed by atoms with E-state index in [4.69, 9.17) is 10.5 Å². The highest BCUT2D eigenvalue weighted by Crippen LogP contribution is 2.33. The predicted octanol–water partition coefficient (Wildman–Crippen LogP) is 1.97. The number of carbonyl (C=O) groups is 1. The number of hydrogen-bond acceptors (Lipinski definition) is 3. The van der Waals surface area contributed by atoms with Crippen LogP contribution in [-0.4, -0.2) is 24.8 Å². The summed E-state index contributed by atoms with van der Waals surface area (Å²) in [6, 6.07) is 0.423. The first-order valence-electron chi connectivity index (χ1n) is 6.00. The third kappa shape index (κ3) is 4.23. The maximum Gasteiger partial charge on any atom is 0.404 e. The molecule has 0 aromatic heterocycles. The lowest BCUT2D eigenvalue weighted by Crippen LogP contribution is -2.38. The monoisotopic (exact) mass is 238 g/mol. The maximum atomic E-state index is 10.9. The van der Waals surface area contributed by atoms with Gasteiger partial charge in [-0.25, -0.2) is 4.79 Å². The van der Waals surface area contributed by atoms with Crippen molar-refractivity contribution in [1.29, 1.82) is 0 Å². The summed E-state index contributed by atoms with van der Waals surface area (Å²) in [5.74, 6) is 0. The predicted molar refractivity (Wildman–Crippen MR) is 68.6 cm³/mol. The van der Waals surface area contributed by atoms with Crippen LogP contribution in [-0.2, 0) is 4.74 Å². The van der Waals surface area contributed by atoms with Gasteiger partial charge in [-0.3, -0.25) is 0 Å².